The molecule has 0 bridgehead atoms. The van der Waals surface area contributed by atoms with E-state index < -0.39 is 11.9 Å². The molecule has 3 aromatic heterocycles. The third-order valence-electron chi connectivity index (χ3n) is 5.61. The number of hydrogen-bond donors (Lipinski definition) is 2. The molecule has 11 nitrogen and oxygen atoms in total. The van der Waals surface area contributed by atoms with Gasteiger partial charge in [-0.25, -0.2) is 19.7 Å². The topological polar surface area (TPSA) is 131 Å². The highest BCUT2D eigenvalue weighted by atomic mass is 35.5. The maximum Gasteiger partial charge on any atom is 0.330 e. The van der Waals surface area contributed by atoms with Crippen LogP contribution in [0.2, 0.25) is 5.02 Å². The number of halogens is 1. The first-order valence-electron chi connectivity index (χ1n) is 12.3. The molecule has 2 N–H and O–H groups in total. The number of aromatic nitrogens is 4. The zero-order valence-electron chi connectivity index (χ0n) is 22.2. The van der Waals surface area contributed by atoms with Crippen molar-refractivity contribution in [3.05, 3.63) is 72.3 Å². The number of ether oxygens (including phenoxy) is 2. The van der Waals surface area contributed by atoms with E-state index in [1.807, 2.05) is 31.1 Å². The van der Waals surface area contributed by atoms with Crippen molar-refractivity contribution < 1.29 is 19.1 Å². The molecular formula is C28H28ClN7O4. The molecule has 206 valence electrons. The number of fused-ring (bicyclic) bond motifs is 1. The third-order valence-corrected chi connectivity index (χ3v) is 5.93. The van der Waals surface area contributed by atoms with Crippen molar-refractivity contribution in [3.63, 3.8) is 0 Å². The summed E-state index contributed by atoms with van der Waals surface area (Å²) in [6.07, 6.45) is 7.47. The van der Waals surface area contributed by atoms with Gasteiger partial charge in [0.05, 0.1) is 36.1 Å². The van der Waals surface area contributed by atoms with Gasteiger partial charge < -0.3 is 25.0 Å². The number of nitrogens with one attached hydrogen (secondary N) is 2. The van der Waals surface area contributed by atoms with Crippen molar-refractivity contribution in [1.29, 1.82) is 0 Å². The number of pyridine rings is 2. The fraction of sp³-hybridized carbons (Fsp3) is 0.214. The van der Waals surface area contributed by atoms with Crippen molar-refractivity contribution in [2.45, 2.75) is 6.42 Å². The zero-order valence-corrected chi connectivity index (χ0v) is 23.0. The van der Waals surface area contributed by atoms with E-state index in [2.05, 4.69) is 30.6 Å². The number of amides is 1. The first-order chi connectivity index (χ1) is 19.3. The quantitative estimate of drug-likeness (QED) is 0.153. The predicted molar refractivity (Wildman–Crippen MR) is 154 cm³/mol. The van der Waals surface area contributed by atoms with E-state index in [0.29, 0.717) is 45.3 Å². The number of rotatable bonds is 11. The summed E-state index contributed by atoms with van der Waals surface area (Å²) in [5.74, 6) is 0.308. The number of carbonyl (C=O) groups excluding carboxylic acids is 2. The van der Waals surface area contributed by atoms with E-state index in [4.69, 9.17) is 21.1 Å². The average Bonchev–Trinajstić information content (AvgIpc) is 2.94. The molecule has 40 heavy (non-hydrogen) atoms. The van der Waals surface area contributed by atoms with Crippen molar-refractivity contribution in [1.82, 2.24) is 24.8 Å². The molecule has 0 saturated carbocycles. The third kappa shape index (κ3) is 7.71. The van der Waals surface area contributed by atoms with Gasteiger partial charge >= 0.3 is 5.97 Å². The fourth-order valence-electron chi connectivity index (χ4n) is 3.66. The Morgan fingerprint density at radius 1 is 1.05 bits per heavy atom. The van der Waals surface area contributed by atoms with Crippen LogP contribution in [0.4, 0.5) is 17.3 Å². The molecule has 4 aromatic rings. The van der Waals surface area contributed by atoms with Gasteiger partial charge in [0.25, 0.3) is 0 Å². The maximum atomic E-state index is 12.3. The average molecular weight is 562 g/mol. The van der Waals surface area contributed by atoms with Crippen LogP contribution >= 0.6 is 11.6 Å². The summed E-state index contributed by atoms with van der Waals surface area (Å²) >= 11 is 6.57. The molecule has 0 saturated heterocycles. The number of carbonyl (C=O) groups is 2. The molecule has 0 aliphatic rings. The lowest BCUT2D eigenvalue weighted by Crippen LogP contribution is -2.16. The minimum atomic E-state index is -0.591. The van der Waals surface area contributed by atoms with Gasteiger partial charge in [0, 0.05) is 47.6 Å². The fourth-order valence-corrected chi connectivity index (χ4v) is 3.94. The standard InChI is InChI=1S/C28H28ClN7O4/c1-36(2)11-4-12-40-27(38)8-7-26(37)35-25-15-21-24(16-31-25)32-17-33-28(21)34-18-5-6-20(22(29)13-18)23-14-19(39-3)9-10-30-23/h5-10,13-17H,4,11-12H2,1-3H3,(H,31,35,37)(H,32,33,34). The molecule has 0 aliphatic carbocycles. The highest BCUT2D eigenvalue weighted by Crippen LogP contribution is 2.32. The van der Waals surface area contributed by atoms with Gasteiger partial charge in [-0.2, -0.15) is 0 Å². The molecule has 3 heterocycles. The minimum absolute atomic E-state index is 0.261. The van der Waals surface area contributed by atoms with E-state index in [0.717, 1.165) is 24.3 Å². The number of anilines is 3. The lowest BCUT2D eigenvalue weighted by Gasteiger charge is -2.11. The first kappa shape index (κ1) is 28.4. The van der Waals surface area contributed by atoms with Crippen molar-refractivity contribution in [2.75, 3.05) is 45.0 Å². The second kappa shape index (κ2) is 13.5. The molecule has 12 heteroatoms. The van der Waals surface area contributed by atoms with Gasteiger partial charge in [0.1, 0.15) is 23.7 Å². The molecule has 1 aromatic carbocycles. The second-order valence-electron chi connectivity index (χ2n) is 8.86. The molecule has 4 rings (SSSR count). The summed E-state index contributed by atoms with van der Waals surface area (Å²) in [7, 11) is 5.47. The van der Waals surface area contributed by atoms with E-state index in [-0.39, 0.29) is 12.4 Å². The van der Waals surface area contributed by atoms with Gasteiger partial charge in [0.15, 0.2) is 0 Å². The Morgan fingerprint density at radius 2 is 1.90 bits per heavy atom. The molecule has 0 fully saturated rings. The van der Waals surface area contributed by atoms with Crippen LogP contribution in [0.1, 0.15) is 6.42 Å². The summed E-state index contributed by atoms with van der Waals surface area (Å²) in [6.45, 7) is 1.07. The van der Waals surface area contributed by atoms with Crippen LogP contribution in [-0.4, -0.2) is 71.1 Å². The van der Waals surface area contributed by atoms with E-state index in [1.54, 1.807) is 37.6 Å². The van der Waals surface area contributed by atoms with Gasteiger partial charge in [-0.1, -0.05) is 11.6 Å². The SMILES string of the molecule is COc1ccnc(-c2ccc(Nc3ncnc4cnc(NC(=O)C=CC(=O)OCCCN(C)C)cc34)cc2Cl)c1. The highest BCUT2D eigenvalue weighted by Gasteiger charge is 2.11. The Bertz CT molecular complexity index is 1540. The van der Waals surface area contributed by atoms with Crippen LogP contribution in [0.3, 0.4) is 0 Å². The summed E-state index contributed by atoms with van der Waals surface area (Å²) in [6, 6.07) is 10.7. The Balaban J connectivity index is 1.45. The number of esters is 1. The first-order valence-corrected chi connectivity index (χ1v) is 12.7. The molecule has 0 radical (unpaired) electrons. The monoisotopic (exact) mass is 561 g/mol. The van der Waals surface area contributed by atoms with Gasteiger partial charge in [-0.05, 0) is 50.8 Å². The molecule has 0 spiro atoms. The smallest absolute Gasteiger partial charge is 0.330 e. The van der Waals surface area contributed by atoms with Gasteiger partial charge in [0.2, 0.25) is 5.91 Å². The minimum Gasteiger partial charge on any atom is -0.497 e. The van der Waals surface area contributed by atoms with Gasteiger partial charge in [-0.15, -0.1) is 0 Å². The van der Waals surface area contributed by atoms with E-state index >= 15 is 0 Å². The predicted octanol–water partition coefficient (Wildman–Crippen LogP) is 4.48. The summed E-state index contributed by atoms with van der Waals surface area (Å²) < 4.78 is 10.4. The van der Waals surface area contributed by atoms with Gasteiger partial charge in [-0.3, -0.25) is 9.78 Å². The van der Waals surface area contributed by atoms with Crippen LogP contribution in [0.5, 0.6) is 5.75 Å². The van der Waals surface area contributed by atoms with Crippen LogP contribution in [-0.2, 0) is 14.3 Å². The highest BCUT2D eigenvalue weighted by molar-refractivity contribution is 6.33. The Labute approximate surface area is 236 Å². The molecule has 0 unspecified atom stereocenters. The lowest BCUT2D eigenvalue weighted by molar-refractivity contribution is -0.138. The van der Waals surface area contributed by atoms with Crippen molar-refractivity contribution in [2.24, 2.45) is 0 Å². The van der Waals surface area contributed by atoms with Crippen LogP contribution in [0.25, 0.3) is 22.2 Å². The van der Waals surface area contributed by atoms with Crippen LogP contribution in [0, 0.1) is 0 Å². The van der Waals surface area contributed by atoms with E-state index in [1.165, 1.54) is 12.5 Å². The van der Waals surface area contributed by atoms with Crippen molar-refractivity contribution in [3.8, 4) is 17.0 Å². The molecule has 0 atom stereocenters. The van der Waals surface area contributed by atoms with Crippen molar-refractivity contribution >= 4 is 51.7 Å². The molecular weight excluding hydrogens is 534 g/mol. The molecule has 0 aliphatic heterocycles. The molecule has 1 amide bonds. The van der Waals surface area contributed by atoms with Crippen LogP contribution < -0.4 is 15.4 Å². The largest absolute Gasteiger partial charge is 0.497 e. The number of nitrogens with zero attached hydrogens (tertiary/aromatic N) is 5. The van der Waals surface area contributed by atoms with E-state index in [9.17, 15) is 9.59 Å². The second-order valence-corrected chi connectivity index (χ2v) is 9.26. The zero-order chi connectivity index (χ0) is 28.5. The number of methoxy groups -OCH3 is 1. The normalized spacial score (nSPS) is 11.1. The Kier molecular flexibility index (Phi) is 9.55. The number of hydrogen-bond acceptors (Lipinski definition) is 10. The lowest BCUT2D eigenvalue weighted by atomic mass is 10.1. The summed E-state index contributed by atoms with van der Waals surface area (Å²) in [4.78, 5) is 43.4. The summed E-state index contributed by atoms with van der Waals surface area (Å²) in [5.41, 5.74) is 2.68. The van der Waals surface area contributed by atoms with Crippen LogP contribution in [0.15, 0.2) is 67.3 Å². The maximum absolute atomic E-state index is 12.3. The Hall–Kier alpha value is -4.61. The number of benzene rings is 1. The Morgan fingerprint density at radius 3 is 2.67 bits per heavy atom. The summed E-state index contributed by atoms with van der Waals surface area (Å²) in [5, 5.41) is 6.98.